The van der Waals surface area contributed by atoms with Crippen molar-refractivity contribution in [1.82, 2.24) is 0 Å². The highest BCUT2D eigenvalue weighted by atomic mass is 19.3. The number of carboxylic acid groups (broad SMARTS) is 1. The Hall–Kier alpha value is -0.670. The molecule has 0 aromatic heterocycles. The first-order valence-electron chi connectivity index (χ1n) is 5.08. The molecule has 0 aliphatic heterocycles. The van der Waals surface area contributed by atoms with Gasteiger partial charge in [0.05, 0.1) is 5.41 Å². The first kappa shape index (κ1) is 11.4. The van der Waals surface area contributed by atoms with Crippen LogP contribution >= 0.6 is 0 Å². The molecule has 0 amide bonds. The lowest BCUT2D eigenvalue weighted by Crippen LogP contribution is -2.32. The van der Waals surface area contributed by atoms with E-state index >= 15 is 0 Å². The van der Waals surface area contributed by atoms with Crippen LogP contribution in [0.1, 0.15) is 44.9 Å². The lowest BCUT2D eigenvalue weighted by molar-refractivity contribution is -0.152. The van der Waals surface area contributed by atoms with Crippen LogP contribution in [0.25, 0.3) is 0 Å². The van der Waals surface area contributed by atoms with Crippen LogP contribution in [0.3, 0.4) is 0 Å². The van der Waals surface area contributed by atoms with E-state index in [1.807, 2.05) is 0 Å². The summed E-state index contributed by atoms with van der Waals surface area (Å²) in [6.45, 7) is 0. The monoisotopic (exact) mass is 206 g/mol. The average molecular weight is 206 g/mol. The van der Waals surface area contributed by atoms with Gasteiger partial charge in [-0.2, -0.15) is 0 Å². The summed E-state index contributed by atoms with van der Waals surface area (Å²) >= 11 is 0. The molecular weight excluding hydrogens is 190 g/mol. The maximum atomic E-state index is 12.3. The second-order valence-corrected chi connectivity index (χ2v) is 4.09. The number of hydrogen-bond acceptors (Lipinski definition) is 1. The third-order valence-corrected chi connectivity index (χ3v) is 3.06. The molecule has 1 saturated carbocycles. The van der Waals surface area contributed by atoms with Gasteiger partial charge >= 0.3 is 5.97 Å². The van der Waals surface area contributed by atoms with E-state index in [1.165, 1.54) is 0 Å². The highest BCUT2D eigenvalue weighted by Gasteiger charge is 2.40. The largest absolute Gasteiger partial charge is 0.481 e. The van der Waals surface area contributed by atoms with Crippen molar-refractivity contribution in [2.75, 3.05) is 0 Å². The van der Waals surface area contributed by atoms with Gasteiger partial charge < -0.3 is 5.11 Å². The van der Waals surface area contributed by atoms with E-state index in [-0.39, 0.29) is 0 Å². The normalized spacial score (nSPS) is 21.9. The fourth-order valence-corrected chi connectivity index (χ4v) is 2.21. The van der Waals surface area contributed by atoms with E-state index in [1.54, 1.807) is 0 Å². The Kier molecular flexibility index (Phi) is 3.84. The maximum Gasteiger partial charge on any atom is 0.309 e. The predicted octanol–water partition coefficient (Wildman–Crippen LogP) is 3.07. The number of halogens is 2. The van der Waals surface area contributed by atoms with E-state index in [0.717, 1.165) is 25.7 Å². The van der Waals surface area contributed by atoms with E-state index in [2.05, 4.69) is 0 Å². The molecule has 1 aliphatic rings. The van der Waals surface area contributed by atoms with Crippen LogP contribution in [-0.2, 0) is 4.79 Å². The number of alkyl halides is 2. The lowest BCUT2D eigenvalue weighted by atomic mass is 9.77. The van der Waals surface area contributed by atoms with Gasteiger partial charge in [0, 0.05) is 6.42 Å². The third-order valence-electron chi connectivity index (χ3n) is 3.06. The van der Waals surface area contributed by atoms with Crippen LogP contribution in [0.15, 0.2) is 0 Å². The van der Waals surface area contributed by atoms with Crippen LogP contribution in [0, 0.1) is 5.41 Å². The number of aliphatic carboxylic acids is 1. The molecule has 0 bridgehead atoms. The van der Waals surface area contributed by atoms with Crippen molar-refractivity contribution in [1.29, 1.82) is 0 Å². The molecule has 1 aliphatic carbocycles. The number of carboxylic acids is 1. The summed E-state index contributed by atoms with van der Waals surface area (Å²) < 4.78 is 24.6. The van der Waals surface area contributed by atoms with Crippen LogP contribution in [0.4, 0.5) is 8.78 Å². The zero-order valence-corrected chi connectivity index (χ0v) is 8.14. The first-order chi connectivity index (χ1) is 6.57. The van der Waals surface area contributed by atoms with Crippen LogP contribution in [-0.4, -0.2) is 17.5 Å². The van der Waals surface area contributed by atoms with Gasteiger partial charge in [0.1, 0.15) is 0 Å². The maximum absolute atomic E-state index is 12.3. The SMILES string of the molecule is O=C(O)C1(CC(F)F)CCCCCC1. The van der Waals surface area contributed by atoms with E-state index in [4.69, 9.17) is 5.11 Å². The molecule has 0 unspecified atom stereocenters. The van der Waals surface area contributed by atoms with E-state index in [9.17, 15) is 13.6 Å². The fourth-order valence-electron chi connectivity index (χ4n) is 2.21. The summed E-state index contributed by atoms with van der Waals surface area (Å²) in [5.41, 5.74) is -1.15. The van der Waals surface area contributed by atoms with Crippen molar-refractivity contribution in [3.8, 4) is 0 Å². The summed E-state index contributed by atoms with van der Waals surface area (Å²) in [7, 11) is 0. The molecule has 14 heavy (non-hydrogen) atoms. The topological polar surface area (TPSA) is 37.3 Å². The molecule has 2 nitrogen and oxygen atoms in total. The molecule has 0 heterocycles. The quantitative estimate of drug-likeness (QED) is 0.720. The van der Waals surface area contributed by atoms with Gasteiger partial charge in [-0.1, -0.05) is 25.7 Å². The Balaban J connectivity index is 2.72. The summed E-state index contributed by atoms with van der Waals surface area (Å²) in [5, 5.41) is 9.03. The van der Waals surface area contributed by atoms with Gasteiger partial charge in [0.15, 0.2) is 0 Å². The standard InChI is InChI=1S/C10H16F2O2/c11-8(12)7-10(9(13)14)5-3-1-2-4-6-10/h8H,1-7H2,(H,13,14). The van der Waals surface area contributed by atoms with Gasteiger partial charge in [-0.25, -0.2) is 8.78 Å². The minimum Gasteiger partial charge on any atom is -0.481 e. The Morgan fingerprint density at radius 1 is 1.21 bits per heavy atom. The van der Waals surface area contributed by atoms with Gasteiger partial charge in [0.25, 0.3) is 0 Å². The summed E-state index contributed by atoms with van der Waals surface area (Å²) in [4.78, 5) is 11.0. The Morgan fingerprint density at radius 2 is 1.71 bits per heavy atom. The smallest absolute Gasteiger partial charge is 0.309 e. The summed E-state index contributed by atoms with van der Waals surface area (Å²) in [6.07, 6.45) is 1.29. The molecule has 1 N–H and O–H groups in total. The third kappa shape index (κ3) is 2.66. The van der Waals surface area contributed by atoms with Crippen molar-refractivity contribution in [2.24, 2.45) is 5.41 Å². The summed E-state index contributed by atoms with van der Waals surface area (Å²) in [6, 6.07) is 0. The molecule has 0 spiro atoms. The molecule has 0 radical (unpaired) electrons. The molecule has 82 valence electrons. The van der Waals surface area contributed by atoms with Crippen LogP contribution in [0.2, 0.25) is 0 Å². The Morgan fingerprint density at radius 3 is 2.07 bits per heavy atom. The minimum atomic E-state index is -2.51. The molecule has 0 aromatic rings. The van der Waals surface area contributed by atoms with Crippen molar-refractivity contribution in [3.05, 3.63) is 0 Å². The molecule has 0 aromatic carbocycles. The van der Waals surface area contributed by atoms with Crippen molar-refractivity contribution in [2.45, 2.75) is 51.4 Å². The molecule has 1 fully saturated rings. The van der Waals surface area contributed by atoms with E-state index < -0.39 is 24.2 Å². The van der Waals surface area contributed by atoms with E-state index in [0.29, 0.717) is 12.8 Å². The fraction of sp³-hybridized carbons (Fsp3) is 0.900. The lowest BCUT2D eigenvalue weighted by Gasteiger charge is -2.27. The number of hydrogen-bond donors (Lipinski definition) is 1. The molecule has 0 saturated heterocycles. The van der Waals surface area contributed by atoms with Crippen LogP contribution in [0.5, 0.6) is 0 Å². The van der Waals surface area contributed by atoms with Gasteiger partial charge in [-0.05, 0) is 12.8 Å². The molecule has 0 atom stereocenters. The zero-order chi connectivity index (χ0) is 10.6. The highest BCUT2D eigenvalue weighted by Crippen LogP contribution is 2.40. The molecule has 4 heteroatoms. The molecular formula is C10H16F2O2. The van der Waals surface area contributed by atoms with Gasteiger partial charge in [0.2, 0.25) is 6.43 Å². The van der Waals surface area contributed by atoms with Crippen molar-refractivity contribution >= 4 is 5.97 Å². The summed E-state index contributed by atoms with van der Waals surface area (Å²) in [5.74, 6) is -1.04. The van der Waals surface area contributed by atoms with Gasteiger partial charge in [-0.15, -0.1) is 0 Å². The Bertz CT molecular complexity index is 196. The average Bonchev–Trinajstić information content (AvgIpc) is 2.29. The second kappa shape index (κ2) is 4.71. The Labute approximate surface area is 82.3 Å². The minimum absolute atomic E-state index is 0.409. The number of rotatable bonds is 3. The highest BCUT2D eigenvalue weighted by molar-refractivity contribution is 5.74. The first-order valence-corrected chi connectivity index (χ1v) is 5.08. The second-order valence-electron chi connectivity index (χ2n) is 4.09. The number of carbonyl (C=O) groups is 1. The predicted molar refractivity (Wildman–Crippen MR) is 48.4 cm³/mol. The van der Waals surface area contributed by atoms with Gasteiger partial charge in [-0.3, -0.25) is 4.79 Å². The van der Waals surface area contributed by atoms with Crippen LogP contribution < -0.4 is 0 Å². The van der Waals surface area contributed by atoms with Crippen molar-refractivity contribution in [3.63, 3.8) is 0 Å². The zero-order valence-electron chi connectivity index (χ0n) is 8.14. The molecule has 1 rings (SSSR count). The van der Waals surface area contributed by atoms with Crippen molar-refractivity contribution < 1.29 is 18.7 Å².